The van der Waals surface area contributed by atoms with Crippen LogP contribution in [0.5, 0.6) is 0 Å². The summed E-state index contributed by atoms with van der Waals surface area (Å²) < 4.78 is 0. The molecule has 1 aromatic heterocycles. The normalized spacial score (nSPS) is 14.1. The molecule has 0 radical (unpaired) electrons. The van der Waals surface area contributed by atoms with Crippen molar-refractivity contribution in [2.45, 2.75) is 25.8 Å². The summed E-state index contributed by atoms with van der Waals surface area (Å²) in [7, 11) is 0. The topological polar surface area (TPSA) is 88.3 Å². The maximum absolute atomic E-state index is 10.7. The van der Waals surface area contributed by atoms with E-state index in [4.69, 9.17) is 11.6 Å². The number of rotatable bonds is 5. The van der Waals surface area contributed by atoms with Crippen LogP contribution in [-0.2, 0) is 0 Å². The van der Waals surface area contributed by atoms with Crippen LogP contribution in [0.4, 0.5) is 11.5 Å². The third-order valence-corrected chi connectivity index (χ3v) is 2.74. The van der Waals surface area contributed by atoms with E-state index < -0.39 is 10.5 Å². The predicted octanol–water partition coefficient (Wildman–Crippen LogP) is 2.22. The number of nitro groups is 1. The van der Waals surface area contributed by atoms with E-state index in [-0.39, 0.29) is 23.3 Å². The summed E-state index contributed by atoms with van der Waals surface area (Å²) in [6.45, 7) is 3.58. The Bertz CT molecular complexity index is 421. The number of anilines is 1. The number of aliphatic hydroxyl groups excluding tert-OH is 1. The molecular weight excluding hydrogens is 246 g/mol. The van der Waals surface area contributed by atoms with Crippen LogP contribution in [0.2, 0.25) is 5.15 Å². The lowest BCUT2D eigenvalue weighted by atomic mass is 10.0. The maximum atomic E-state index is 10.7. The van der Waals surface area contributed by atoms with E-state index in [1.54, 1.807) is 6.92 Å². The fraction of sp³-hybridized carbons (Fsp3) is 0.500. The lowest BCUT2D eigenvalue weighted by molar-refractivity contribution is -0.384. The first-order chi connectivity index (χ1) is 7.90. The van der Waals surface area contributed by atoms with E-state index in [1.165, 1.54) is 12.1 Å². The van der Waals surface area contributed by atoms with Gasteiger partial charge in [-0.1, -0.05) is 18.5 Å². The number of pyridine rings is 1. The summed E-state index contributed by atoms with van der Waals surface area (Å²) in [6.07, 6.45) is 0.644. The zero-order valence-electron chi connectivity index (χ0n) is 9.61. The van der Waals surface area contributed by atoms with Gasteiger partial charge in [0.1, 0.15) is 11.0 Å². The van der Waals surface area contributed by atoms with Gasteiger partial charge in [-0.15, -0.1) is 0 Å². The molecule has 1 unspecified atom stereocenters. The smallest absolute Gasteiger partial charge is 0.276 e. The Kier molecular flexibility index (Phi) is 4.25. The quantitative estimate of drug-likeness (QED) is 0.481. The number of aliphatic hydroxyl groups is 1. The first-order valence-corrected chi connectivity index (χ1v) is 5.49. The van der Waals surface area contributed by atoms with Gasteiger partial charge in [0.05, 0.1) is 29.2 Å². The van der Waals surface area contributed by atoms with Crippen molar-refractivity contribution in [1.82, 2.24) is 4.98 Å². The molecule has 0 fully saturated rings. The van der Waals surface area contributed by atoms with Gasteiger partial charge in [-0.25, -0.2) is 4.98 Å². The van der Waals surface area contributed by atoms with Crippen LogP contribution < -0.4 is 5.32 Å². The summed E-state index contributed by atoms with van der Waals surface area (Å²) in [6, 6.07) is 2.46. The molecule has 0 amide bonds. The molecule has 2 N–H and O–H groups in total. The lowest BCUT2D eigenvalue weighted by Crippen LogP contribution is -2.38. The Hall–Kier alpha value is -1.40. The summed E-state index contributed by atoms with van der Waals surface area (Å²) in [5, 5.41) is 22.9. The van der Waals surface area contributed by atoms with E-state index in [9.17, 15) is 15.2 Å². The molecule has 6 nitrogen and oxygen atoms in total. The molecule has 0 aliphatic rings. The van der Waals surface area contributed by atoms with Gasteiger partial charge in [0.25, 0.3) is 5.69 Å². The molecule has 0 aromatic carbocycles. The van der Waals surface area contributed by atoms with Gasteiger partial charge in [0, 0.05) is 0 Å². The minimum Gasteiger partial charge on any atom is -0.394 e. The summed E-state index contributed by atoms with van der Waals surface area (Å²) >= 11 is 5.69. The Balaban J connectivity index is 3.02. The minimum atomic E-state index is -0.578. The molecule has 1 aromatic rings. The van der Waals surface area contributed by atoms with Crippen LogP contribution in [0.15, 0.2) is 12.1 Å². The average Bonchev–Trinajstić information content (AvgIpc) is 2.28. The van der Waals surface area contributed by atoms with Crippen LogP contribution >= 0.6 is 11.6 Å². The number of nitrogens with zero attached hydrogens (tertiary/aromatic N) is 2. The van der Waals surface area contributed by atoms with E-state index in [0.29, 0.717) is 6.42 Å². The molecular formula is C10H14ClN3O3. The molecule has 0 saturated carbocycles. The van der Waals surface area contributed by atoms with Crippen LogP contribution in [0.25, 0.3) is 0 Å². The highest BCUT2D eigenvalue weighted by molar-refractivity contribution is 6.29. The van der Waals surface area contributed by atoms with Crippen molar-refractivity contribution in [3.8, 4) is 0 Å². The summed E-state index contributed by atoms with van der Waals surface area (Å²) in [5.74, 6) is 0.280. The third kappa shape index (κ3) is 3.54. The number of halogens is 1. The zero-order chi connectivity index (χ0) is 13.1. The summed E-state index contributed by atoms with van der Waals surface area (Å²) in [5.41, 5.74) is -0.713. The molecule has 1 rings (SSSR count). The molecule has 0 aliphatic heterocycles. The lowest BCUT2D eigenvalue weighted by Gasteiger charge is -2.27. The van der Waals surface area contributed by atoms with Crippen molar-refractivity contribution >= 4 is 23.1 Å². The van der Waals surface area contributed by atoms with Crippen LogP contribution in [0.1, 0.15) is 20.3 Å². The number of aromatic nitrogens is 1. The second-order valence-corrected chi connectivity index (χ2v) is 4.37. The van der Waals surface area contributed by atoms with Crippen molar-refractivity contribution in [3.05, 3.63) is 27.4 Å². The average molecular weight is 260 g/mol. The van der Waals surface area contributed by atoms with Crippen molar-refractivity contribution in [1.29, 1.82) is 0 Å². The molecule has 94 valence electrons. The first-order valence-electron chi connectivity index (χ1n) is 5.11. The molecule has 17 heavy (non-hydrogen) atoms. The van der Waals surface area contributed by atoms with E-state index >= 15 is 0 Å². The summed E-state index contributed by atoms with van der Waals surface area (Å²) in [4.78, 5) is 14.0. The van der Waals surface area contributed by atoms with Crippen molar-refractivity contribution in [2.75, 3.05) is 11.9 Å². The molecule has 1 heterocycles. The Morgan fingerprint density at radius 2 is 2.29 bits per heavy atom. The highest BCUT2D eigenvalue weighted by atomic mass is 35.5. The highest BCUT2D eigenvalue weighted by Gasteiger charge is 2.22. The largest absolute Gasteiger partial charge is 0.394 e. The molecule has 1 atom stereocenters. The number of hydrogen-bond acceptors (Lipinski definition) is 5. The standard InChI is InChI=1S/C10H14ClN3O3/c1-3-10(2,6-15)13-9-5-7(14(16)17)4-8(11)12-9/h4-5,15H,3,6H2,1-2H3,(H,12,13). The molecule has 0 saturated heterocycles. The van der Waals surface area contributed by atoms with Gasteiger partial charge in [-0.3, -0.25) is 10.1 Å². The van der Waals surface area contributed by atoms with Crippen LogP contribution in [0.3, 0.4) is 0 Å². The fourth-order valence-electron chi connectivity index (χ4n) is 1.20. The maximum Gasteiger partial charge on any atom is 0.276 e. The second kappa shape index (κ2) is 5.29. The zero-order valence-corrected chi connectivity index (χ0v) is 10.4. The SMILES string of the molecule is CCC(C)(CO)Nc1cc([N+](=O)[O-])cc(Cl)n1. The second-order valence-electron chi connectivity index (χ2n) is 3.99. The highest BCUT2D eigenvalue weighted by Crippen LogP contribution is 2.23. The van der Waals surface area contributed by atoms with Crippen molar-refractivity contribution in [3.63, 3.8) is 0 Å². The van der Waals surface area contributed by atoms with Crippen LogP contribution in [0, 0.1) is 10.1 Å². The van der Waals surface area contributed by atoms with Crippen molar-refractivity contribution in [2.24, 2.45) is 0 Å². The minimum absolute atomic E-state index is 0.0399. The van der Waals surface area contributed by atoms with Gasteiger partial charge < -0.3 is 10.4 Å². The molecule has 0 bridgehead atoms. The first kappa shape index (κ1) is 13.7. The van der Waals surface area contributed by atoms with Gasteiger partial charge in [-0.2, -0.15) is 0 Å². The Labute approximate surface area is 104 Å². The monoisotopic (exact) mass is 259 g/mol. The van der Waals surface area contributed by atoms with E-state index in [1.807, 2.05) is 6.92 Å². The van der Waals surface area contributed by atoms with E-state index in [2.05, 4.69) is 10.3 Å². The Morgan fingerprint density at radius 1 is 1.65 bits per heavy atom. The van der Waals surface area contributed by atoms with E-state index in [0.717, 1.165) is 0 Å². The van der Waals surface area contributed by atoms with Gasteiger partial charge in [0.15, 0.2) is 0 Å². The molecule has 0 spiro atoms. The molecule has 7 heteroatoms. The Morgan fingerprint density at radius 3 is 2.76 bits per heavy atom. The predicted molar refractivity (Wildman–Crippen MR) is 65.3 cm³/mol. The van der Waals surface area contributed by atoms with Crippen LogP contribution in [-0.4, -0.2) is 27.2 Å². The van der Waals surface area contributed by atoms with Gasteiger partial charge in [-0.05, 0) is 13.3 Å². The number of nitrogens with one attached hydrogen (secondary N) is 1. The van der Waals surface area contributed by atoms with Crippen molar-refractivity contribution < 1.29 is 10.0 Å². The number of hydrogen-bond donors (Lipinski definition) is 2. The fourth-order valence-corrected chi connectivity index (χ4v) is 1.40. The van der Waals surface area contributed by atoms with Gasteiger partial charge >= 0.3 is 0 Å². The molecule has 0 aliphatic carbocycles. The third-order valence-electron chi connectivity index (χ3n) is 2.55. The van der Waals surface area contributed by atoms with Gasteiger partial charge in [0.2, 0.25) is 0 Å².